The van der Waals surface area contributed by atoms with Crippen LogP contribution in [-0.2, 0) is 0 Å². The van der Waals surface area contributed by atoms with E-state index < -0.39 is 0 Å². The van der Waals surface area contributed by atoms with Crippen molar-refractivity contribution in [3.63, 3.8) is 0 Å². The second-order valence-corrected chi connectivity index (χ2v) is 11.7. The molecule has 0 N–H and O–H groups in total. The number of benzene rings is 7. The Morgan fingerprint density at radius 2 is 1.13 bits per heavy atom. The molecule has 3 heterocycles. The second kappa shape index (κ2) is 9.62. The summed E-state index contributed by atoms with van der Waals surface area (Å²) in [6.45, 7) is 0. The summed E-state index contributed by atoms with van der Waals surface area (Å²) in [6.07, 6.45) is 0. The van der Waals surface area contributed by atoms with Gasteiger partial charge in [-0.3, -0.25) is 0 Å². The zero-order valence-corrected chi connectivity index (χ0v) is 24.7. The van der Waals surface area contributed by atoms with E-state index in [4.69, 9.17) is 14.4 Å². The maximum Gasteiger partial charge on any atom is 0.143 e. The Bertz CT molecular complexity index is 2810. The maximum atomic E-state index is 6.61. The molecule has 0 aliphatic carbocycles. The number of hydrogen-bond donors (Lipinski definition) is 0. The minimum absolute atomic E-state index is 0.854. The third-order valence-corrected chi connectivity index (χ3v) is 9.18. The van der Waals surface area contributed by atoms with E-state index in [1.165, 1.54) is 10.8 Å². The number of aromatic nitrogens is 3. The van der Waals surface area contributed by atoms with Crippen LogP contribution in [0.2, 0.25) is 0 Å². The van der Waals surface area contributed by atoms with Gasteiger partial charge in [0.25, 0.3) is 0 Å². The van der Waals surface area contributed by atoms with Crippen molar-refractivity contribution in [1.82, 2.24) is 14.5 Å². The molecule has 0 aliphatic heterocycles. The van der Waals surface area contributed by atoms with E-state index in [0.29, 0.717) is 0 Å². The lowest BCUT2D eigenvalue weighted by atomic mass is 10.0. The van der Waals surface area contributed by atoms with Crippen molar-refractivity contribution in [2.75, 3.05) is 0 Å². The highest BCUT2D eigenvalue weighted by Crippen LogP contribution is 2.44. The van der Waals surface area contributed by atoms with E-state index in [9.17, 15) is 0 Å². The quantitative estimate of drug-likeness (QED) is 0.207. The lowest BCUT2D eigenvalue weighted by Crippen LogP contribution is -2.01. The molecule has 0 unspecified atom stereocenters. The maximum absolute atomic E-state index is 6.61. The van der Waals surface area contributed by atoms with E-state index in [2.05, 4.69) is 120 Å². The van der Waals surface area contributed by atoms with E-state index in [1.807, 2.05) is 36.4 Å². The average Bonchev–Trinajstić information content (AvgIpc) is 3.67. The third-order valence-electron chi connectivity index (χ3n) is 9.18. The molecule has 3 aromatic heterocycles. The van der Waals surface area contributed by atoms with Gasteiger partial charge in [0.15, 0.2) is 0 Å². The monoisotopic (exact) mass is 587 g/mol. The van der Waals surface area contributed by atoms with Gasteiger partial charge in [-0.05, 0) is 47.9 Å². The lowest BCUT2D eigenvalue weighted by molar-refractivity contribution is 0.673. The molecule has 214 valence electrons. The molecule has 0 atom stereocenters. The Morgan fingerprint density at radius 1 is 0.457 bits per heavy atom. The first kappa shape index (κ1) is 25.1. The number of rotatable bonds is 3. The van der Waals surface area contributed by atoms with Crippen molar-refractivity contribution in [2.24, 2.45) is 0 Å². The normalized spacial score (nSPS) is 11.9. The number of hydrogen-bond acceptors (Lipinski definition) is 3. The molecule has 0 radical (unpaired) electrons. The van der Waals surface area contributed by atoms with E-state index >= 15 is 0 Å². The standard InChI is InChI=1S/C42H25N3O/c1-2-12-27(13-3-1)40-41(44-33-18-8-7-17-32(33)43-40)31-16-5-10-20-35(31)45-34-19-9-4-15-30(34)39-36(45)25-23-26-22-24-29-28-14-6-11-21-37(28)46-42(29)38(26)39/h1-25H. The highest BCUT2D eigenvalue weighted by atomic mass is 16.3. The fourth-order valence-electron chi connectivity index (χ4n) is 7.16. The largest absolute Gasteiger partial charge is 0.455 e. The molecule has 7 aromatic carbocycles. The molecular formula is C42H25N3O. The van der Waals surface area contributed by atoms with Crippen LogP contribution in [0.3, 0.4) is 0 Å². The first-order valence-electron chi connectivity index (χ1n) is 15.5. The SMILES string of the molecule is c1ccc(-c2nc3ccccc3nc2-c2ccccc2-n2c3ccccc3c3c4c(ccc5c6ccccc6oc54)ccc32)cc1. The first-order chi connectivity index (χ1) is 22.8. The summed E-state index contributed by atoms with van der Waals surface area (Å²) in [6, 6.07) is 52.8. The van der Waals surface area contributed by atoms with Crippen LogP contribution in [0, 0.1) is 0 Å². The summed E-state index contributed by atoms with van der Waals surface area (Å²) in [7, 11) is 0. The van der Waals surface area contributed by atoms with Crippen LogP contribution in [-0.4, -0.2) is 14.5 Å². The first-order valence-corrected chi connectivity index (χ1v) is 15.5. The van der Waals surface area contributed by atoms with Crippen molar-refractivity contribution in [3.8, 4) is 28.2 Å². The van der Waals surface area contributed by atoms with Crippen molar-refractivity contribution in [1.29, 1.82) is 0 Å². The summed E-state index contributed by atoms with van der Waals surface area (Å²) in [5.74, 6) is 0. The Labute approximate surface area is 263 Å². The molecule has 0 amide bonds. The Hall–Kier alpha value is -6.26. The molecule has 0 aliphatic rings. The fraction of sp³-hybridized carbons (Fsp3) is 0. The zero-order valence-electron chi connectivity index (χ0n) is 24.7. The van der Waals surface area contributed by atoms with Crippen LogP contribution >= 0.6 is 0 Å². The van der Waals surface area contributed by atoms with Crippen LogP contribution in [0.25, 0.3) is 93.8 Å². The topological polar surface area (TPSA) is 43.9 Å². The van der Waals surface area contributed by atoms with Gasteiger partial charge in [0, 0.05) is 38.1 Å². The van der Waals surface area contributed by atoms with Gasteiger partial charge in [0.1, 0.15) is 11.2 Å². The smallest absolute Gasteiger partial charge is 0.143 e. The lowest BCUT2D eigenvalue weighted by Gasteiger charge is -2.16. The van der Waals surface area contributed by atoms with Crippen LogP contribution < -0.4 is 0 Å². The number of nitrogens with zero attached hydrogens (tertiary/aromatic N) is 3. The third kappa shape index (κ3) is 3.55. The van der Waals surface area contributed by atoms with Gasteiger partial charge in [-0.25, -0.2) is 9.97 Å². The van der Waals surface area contributed by atoms with Crippen LogP contribution in [0.5, 0.6) is 0 Å². The minimum atomic E-state index is 0.854. The molecule has 10 aromatic rings. The van der Waals surface area contributed by atoms with E-state index in [1.54, 1.807) is 0 Å². The molecule has 0 saturated carbocycles. The van der Waals surface area contributed by atoms with Crippen molar-refractivity contribution >= 4 is 65.6 Å². The highest BCUT2D eigenvalue weighted by Gasteiger charge is 2.22. The van der Waals surface area contributed by atoms with Crippen molar-refractivity contribution in [2.45, 2.75) is 0 Å². The van der Waals surface area contributed by atoms with Gasteiger partial charge < -0.3 is 8.98 Å². The van der Waals surface area contributed by atoms with Crippen LogP contribution in [0.1, 0.15) is 0 Å². The average molecular weight is 588 g/mol. The molecule has 0 saturated heterocycles. The fourth-order valence-corrected chi connectivity index (χ4v) is 7.16. The van der Waals surface area contributed by atoms with Gasteiger partial charge in [0.2, 0.25) is 0 Å². The molecule has 46 heavy (non-hydrogen) atoms. The minimum Gasteiger partial charge on any atom is -0.455 e. The van der Waals surface area contributed by atoms with Gasteiger partial charge in [-0.15, -0.1) is 0 Å². The van der Waals surface area contributed by atoms with Crippen LogP contribution in [0.15, 0.2) is 156 Å². The number of para-hydroxylation sites is 5. The second-order valence-electron chi connectivity index (χ2n) is 11.7. The van der Waals surface area contributed by atoms with Gasteiger partial charge in [-0.2, -0.15) is 0 Å². The van der Waals surface area contributed by atoms with Gasteiger partial charge >= 0.3 is 0 Å². The Kier molecular flexibility index (Phi) is 5.25. The molecule has 0 fully saturated rings. The van der Waals surface area contributed by atoms with E-state index in [0.717, 1.165) is 83.0 Å². The predicted molar refractivity (Wildman–Crippen MR) is 190 cm³/mol. The molecule has 4 nitrogen and oxygen atoms in total. The highest BCUT2D eigenvalue weighted by molar-refractivity contribution is 6.29. The molecule has 0 bridgehead atoms. The van der Waals surface area contributed by atoms with Crippen LogP contribution in [0.4, 0.5) is 0 Å². The molecule has 0 spiro atoms. The van der Waals surface area contributed by atoms with Crippen molar-refractivity contribution < 1.29 is 4.42 Å². The molecule has 4 heteroatoms. The number of fused-ring (bicyclic) bond motifs is 10. The summed E-state index contributed by atoms with van der Waals surface area (Å²) >= 11 is 0. The summed E-state index contributed by atoms with van der Waals surface area (Å²) in [5.41, 5.74) is 10.6. The van der Waals surface area contributed by atoms with Gasteiger partial charge in [-0.1, -0.05) is 109 Å². The molecular weight excluding hydrogens is 562 g/mol. The van der Waals surface area contributed by atoms with E-state index in [-0.39, 0.29) is 0 Å². The number of furan rings is 1. The summed E-state index contributed by atoms with van der Waals surface area (Å²) in [5, 5.41) is 6.91. The Morgan fingerprint density at radius 3 is 2.00 bits per heavy atom. The van der Waals surface area contributed by atoms with Gasteiger partial charge in [0.05, 0.1) is 39.1 Å². The summed E-state index contributed by atoms with van der Waals surface area (Å²) in [4.78, 5) is 10.5. The zero-order chi connectivity index (χ0) is 30.2. The van der Waals surface area contributed by atoms with Crippen molar-refractivity contribution in [3.05, 3.63) is 152 Å². The Balaban J connectivity index is 1.34. The summed E-state index contributed by atoms with van der Waals surface area (Å²) < 4.78 is 8.99. The predicted octanol–water partition coefficient (Wildman–Crippen LogP) is 11.1. The molecule has 10 rings (SSSR count).